The summed E-state index contributed by atoms with van der Waals surface area (Å²) in [5.41, 5.74) is 0. The molecule has 59 valence electrons. The van der Waals surface area contributed by atoms with Gasteiger partial charge in [0, 0.05) is 18.6 Å². The van der Waals surface area contributed by atoms with Gasteiger partial charge in [-0.1, -0.05) is 19.8 Å². The molecule has 0 fully saturated rings. The van der Waals surface area contributed by atoms with Gasteiger partial charge in [0.15, 0.2) is 0 Å². The first-order valence-electron chi connectivity index (χ1n) is 3.78. The van der Waals surface area contributed by atoms with E-state index in [9.17, 15) is 4.79 Å². The van der Waals surface area contributed by atoms with Crippen molar-refractivity contribution in [2.45, 2.75) is 32.6 Å². The number of unbranched alkanes of at least 4 members (excludes halogenated alkanes) is 2. The van der Waals surface area contributed by atoms with Gasteiger partial charge >= 0.3 is 0 Å². The van der Waals surface area contributed by atoms with Crippen molar-refractivity contribution in [3.05, 3.63) is 6.42 Å². The van der Waals surface area contributed by atoms with Gasteiger partial charge in [-0.2, -0.15) is 12.6 Å². The van der Waals surface area contributed by atoms with Crippen molar-refractivity contribution >= 4 is 18.4 Å². The molecule has 0 N–H and O–H groups in total. The van der Waals surface area contributed by atoms with E-state index in [2.05, 4.69) is 19.6 Å². The molecule has 0 unspecified atom stereocenters. The Balaban J connectivity index is 3.05. The Morgan fingerprint density at radius 1 is 1.50 bits per heavy atom. The predicted molar refractivity (Wildman–Crippen MR) is 47.3 cm³/mol. The van der Waals surface area contributed by atoms with Crippen LogP contribution in [0.5, 0.6) is 0 Å². The fourth-order valence-corrected chi connectivity index (χ4v) is 0.957. The lowest BCUT2D eigenvalue weighted by atomic mass is 10.1. The average molecular weight is 159 g/mol. The molecule has 0 rings (SSSR count). The molecule has 0 atom stereocenters. The second kappa shape index (κ2) is 7.13. The third kappa shape index (κ3) is 6.14. The number of rotatable bonds is 6. The largest absolute Gasteiger partial charge is 0.299 e. The molecule has 0 aromatic rings. The molecule has 0 aromatic carbocycles. The maximum Gasteiger partial charge on any atom is 0.137 e. The van der Waals surface area contributed by atoms with Crippen LogP contribution in [0.15, 0.2) is 0 Å². The molecule has 0 aliphatic heterocycles. The lowest BCUT2D eigenvalue weighted by Crippen LogP contribution is -1.98. The van der Waals surface area contributed by atoms with E-state index in [1.54, 1.807) is 6.42 Å². The summed E-state index contributed by atoms with van der Waals surface area (Å²) in [4.78, 5) is 10.8. The smallest absolute Gasteiger partial charge is 0.137 e. The molecular weight excluding hydrogens is 144 g/mol. The molecule has 10 heavy (non-hydrogen) atoms. The summed E-state index contributed by atoms with van der Waals surface area (Å²) in [5, 5.41) is 0. The SMILES string of the molecule is CCCCCC(=O)[CH]CS. The van der Waals surface area contributed by atoms with Crippen LogP contribution in [0.25, 0.3) is 0 Å². The van der Waals surface area contributed by atoms with Crippen LogP contribution in [0.3, 0.4) is 0 Å². The summed E-state index contributed by atoms with van der Waals surface area (Å²) >= 11 is 3.93. The molecular formula is C8H15OS. The summed E-state index contributed by atoms with van der Waals surface area (Å²) in [6.07, 6.45) is 5.70. The Kier molecular flexibility index (Phi) is 7.15. The number of Topliss-reactive ketones (excluding diaryl/α,β-unsaturated/α-hetero) is 1. The second-order valence-corrected chi connectivity index (χ2v) is 2.68. The molecule has 0 amide bonds. The van der Waals surface area contributed by atoms with E-state index in [-0.39, 0.29) is 5.78 Å². The number of ketones is 1. The van der Waals surface area contributed by atoms with Crippen molar-refractivity contribution < 1.29 is 4.79 Å². The molecule has 0 spiro atoms. The first-order valence-corrected chi connectivity index (χ1v) is 4.41. The molecule has 0 aliphatic carbocycles. The fourth-order valence-electron chi connectivity index (χ4n) is 0.753. The number of thiol groups is 1. The third-order valence-electron chi connectivity index (χ3n) is 1.35. The van der Waals surface area contributed by atoms with Crippen molar-refractivity contribution in [3.63, 3.8) is 0 Å². The summed E-state index contributed by atoms with van der Waals surface area (Å²) in [6, 6.07) is 0. The van der Waals surface area contributed by atoms with Crippen molar-refractivity contribution in [2.75, 3.05) is 5.75 Å². The van der Waals surface area contributed by atoms with Crippen LogP contribution in [0.2, 0.25) is 0 Å². The van der Waals surface area contributed by atoms with Crippen molar-refractivity contribution in [1.29, 1.82) is 0 Å². The van der Waals surface area contributed by atoms with E-state index in [0.717, 1.165) is 12.8 Å². The lowest BCUT2D eigenvalue weighted by molar-refractivity contribution is -0.115. The molecule has 0 saturated carbocycles. The zero-order valence-corrected chi connectivity index (χ0v) is 7.36. The highest BCUT2D eigenvalue weighted by atomic mass is 32.1. The van der Waals surface area contributed by atoms with Crippen LogP contribution in [0, 0.1) is 6.42 Å². The average Bonchev–Trinajstić information content (AvgIpc) is 1.89. The molecule has 0 bridgehead atoms. The molecule has 0 saturated heterocycles. The molecule has 1 nitrogen and oxygen atoms in total. The van der Waals surface area contributed by atoms with Crippen molar-refractivity contribution in [2.24, 2.45) is 0 Å². The third-order valence-corrected chi connectivity index (χ3v) is 1.53. The van der Waals surface area contributed by atoms with E-state index in [1.165, 1.54) is 6.42 Å². The zero-order chi connectivity index (χ0) is 7.82. The van der Waals surface area contributed by atoms with Gasteiger partial charge in [-0.15, -0.1) is 0 Å². The zero-order valence-electron chi connectivity index (χ0n) is 6.47. The van der Waals surface area contributed by atoms with Gasteiger partial charge in [0.1, 0.15) is 5.78 Å². The van der Waals surface area contributed by atoms with Gasteiger partial charge in [0.2, 0.25) is 0 Å². The highest BCUT2D eigenvalue weighted by Gasteiger charge is 1.98. The highest BCUT2D eigenvalue weighted by molar-refractivity contribution is 7.80. The van der Waals surface area contributed by atoms with Crippen LogP contribution in [0.4, 0.5) is 0 Å². The topological polar surface area (TPSA) is 17.1 Å². The standard InChI is InChI=1S/C8H15OS/c1-2-3-4-5-8(9)6-7-10/h6,10H,2-5,7H2,1H3. The van der Waals surface area contributed by atoms with E-state index in [4.69, 9.17) is 0 Å². The van der Waals surface area contributed by atoms with Crippen LogP contribution in [0.1, 0.15) is 32.6 Å². The van der Waals surface area contributed by atoms with Gasteiger partial charge in [-0.3, -0.25) is 4.79 Å². The molecule has 0 heterocycles. The summed E-state index contributed by atoms with van der Waals surface area (Å²) in [5.74, 6) is 0.814. The van der Waals surface area contributed by atoms with Crippen LogP contribution in [-0.4, -0.2) is 11.5 Å². The Morgan fingerprint density at radius 3 is 2.70 bits per heavy atom. The number of carbonyl (C=O) groups is 1. The Labute approximate surface area is 68.6 Å². The minimum absolute atomic E-state index is 0.239. The Morgan fingerprint density at radius 2 is 2.20 bits per heavy atom. The maximum absolute atomic E-state index is 10.8. The monoisotopic (exact) mass is 159 g/mol. The fraction of sp³-hybridized carbons (Fsp3) is 0.750. The number of carbonyl (C=O) groups excluding carboxylic acids is 1. The van der Waals surface area contributed by atoms with Crippen molar-refractivity contribution in [3.8, 4) is 0 Å². The lowest BCUT2D eigenvalue weighted by Gasteiger charge is -1.95. The van der Waals surface area contributed by atoms with Crippen LogP contribution in [-0.2, 0) is 4.79 Å². The van der Waals surface area contributed by atoms with Crippen LogP contribution >= 0.6 is 12.6 Å². The van der Waals surface area contributed by atoms with Gasteiger partial charge in [0.25, 0.3) is 0 Å². The predicted octanol–water partition coefficient (Wildman–Crippen LogP) is 2.27. The van der Waals surface area contributed by atoms with E-state index in [1.807, 2.05) is 0 Å². The normalized spacial score (nSPS) is 9.80. The molecule has 2 heteroatoms. The summed E-state index contributed by atoms with van der Waals surface area (Å²) in [6.45, 7) is 2.13. The summed E-state index contributed by atoms with van der Waals surface area (Å²) in [7, 11) is 0. The minimum atomic E-state index is 0.239. The van der Waals surface area contributed by atoms with E-state index >= 15 is 0 Å². The quantitative estimate of drug-likeness (QED) is 0.465. The Bertz CT molecular complexity index is 91.3. The highest BCUT2D eigenvalue weighted by Crippen LogP contribution is 2.01. The number of hydrogen-bond acceptors (Lipinski definition) is 2. The first-order chi connectivity index (χ1) is 4.81. The van der Waals surface area contributed by atoms with E-state index < -0.39 is 0 Å². The van der Waals surface area contributed by atoms with Gasteiger partial charge in [-0.25, -0.2) is 0 Å². The summed E-state index contributed by atoms with van der Waals surface area (Å²) < 4.78 is 0. The second-order valence-electron chi connectivity index (χ2n) is 2.31. The minimum Gasteiger partial charge on any atom is -0.299 e. The first kappa shape index (κ1) is 10.0. The van der Waals surface area contributed by atoms with Crippen molar-refractivity contribution in [1.82, 2.24) is 0 Å². The number of hydrogen-bond donors (Lipinski definition) is 1. The van der Waals surface area contributed by atoms with Crippen LogP contribution < -0.4 is 0 Å². The van der Waals surface area contributed by atoms with Gasteiger partial charge < -0.3 is 0 Å². The van der Waals surface area contributed by atoms with Gasteiger partial charge in [-0.05, 0) is 6.42 Å². The molecule has 1 radical (unpaired) electrons. The van der Waals surface area contributed by atoms with Gasteiger partial charge in [0.05, 0.1) is 0 Å². The van der Waals surface area contributed by atoms with E-state index in [0.29, 0.717) is 12.2 Å². The Hall–Kier alpha value is 0.0200. The molecule has 0 aliphatic rings. The molecule has 0 aromatic heterocycles. The maximum atomic E-state index is 10.8.